The predicted octanol–water partition coefficient (Wildman–Crippen LogP) is 4.04. The van der Waals surface area contributed by atoms with E-state index in [4.69, 9.17) is 16.3 Å². The van der Waals surface area contributed by atoms with Crippen LogP contribution >= 0.6 is 11.6 Å². The van der Waals surface area contributed by atoms with Gasteiger partial charge in [0.25, 0.3) is 0 Å². The largest absolute Gasteiger partial charge is 0.508 e. The lowest BCUT2D eigenvalue weighted by Crippen LogP contribution is -2.29. The molecule has 0 unspecified atom stereocenters. The average molecular weight is 288 g/mol. The summed E-state index contributed by atoms with van der Waals surface area (Å²) in [6.45, 7) is 3.94. The van der Waals surface area contributed by atoms with Gasteiger partial charge >= 0.3 is 0 Å². The van der Waals surface area contributed by atoms with Crippen LogP contribution in [0.3, 0.4) is 0 Å². The van der Waals surface area contributed by atoms with Crippen molar-refractivity contribution in [2.24, 2.45) is 0 Å². The lowest BCUT2D eigenvalue weighted by Gasteiger charge is -2.31. The molecule has 0 atom stereocenters. The van der Waals surface area contributed by atoms with E-state index in [0.717, 1.165) is 16.8 Å². The molecule has 2 aromatic rings. The molecule has 1 N–H and O–H groups in total. The highest BCUT2D eigenvalue weighted by Crippen LogP contribution is 2.40. The summed E-state index contributed by atoms with van der Waals surface area (Å²) in [7, 11) is 0. The number of benzene rings is 1. The number of nitrogens with zero attached hydrogens (tertiary/aromatic N) is 1. The van der Waals surface area contributed by atoms with Crippen molar-refractivity contribution in [1.82, 2.24) is 4.98 Å². The topological polar surface area (TPSA) is 42.4 Å². The number of aromatic hydroxyl groups is 1. The molecule has 1 aliphatic rings. The first-order chi connectivity index (χ1) is 9.44. The molecule has 2 heterocycles. The van der Waals surface area contributed by atoms with Crippen molar-refractivity contribution in [3.05, 3.63) is 58.9 Å². The first kappa shape index (κ1) is 13.0. The van der Waals surface area contributed by atoms with E-state index in [1.54, 1.807) is 18.3 Å². The zero-order valence-electron chi connectivity index (χ0n) is 11.2. The van der Waals surface area contributed by atoms with E-state index in [-0.39, 0.29) is 5.75 Å². The molecule has 1 aromatic carbocycles. The number of fused-ring (bicyclic) bond motifs is 1. The maximum Gasteiger partial charge on any atom is 0.132 e. The standard InChI is InChI=1S/C16H14ClNO2/c1-16(2)8-13(14-6-3-10(17)9-18-14)12-5-4-11(19)7-15(12)20-16/h3-9,19H,1-2H3. The van der Waals surface area contributed by atoms with Crippen LogP contribution in [-0.2, 0) is 0 Å². The van der Waals surface area contributed by atoms with Crippen molar-refractivity contribution >= 4 is 17.2 Å². The maximum atomic E-state index is 9.62. The van der Waals surface area contributed by atoms with Gasteiger partial charge in [0.05, 0.1) is 10.7 Å². The quantitative estimate of drug-likeness (QED) is 0.860. The van der Waals surface area contributed by atoms with E-state index in [0.29, 0.717) is 10.8 Å². The third-order valence-corrected chi connectivity index (χ3v) is 3.35. The summed E-state index contributed by atoms with van der Waals surface area (Å²) in [6.07, 6.45) is 3.66. The molecule has 0 aliphatic carbocycles. The summed E-state index contributed by atoms with van der Waals surface area (Å²) >= 11 is 5.89. The van der Waals surface area contributed by atoms with Gasteiger partial charge in [-0.05, 0) is 44.2 Å². The number of pyridine rings is 1. The fraction of sp³-hybridized carbons (Fsp3) is 0.188. The van der Waals surface area contributed by atoms with Crippen molar-refractivity contribution < 1.29 is 9.84 Å². The molecule has 0 saturated heterocycles. The molecule has 0 saturated carbocycles. The number of halogens is 1. The Labute approximate surface area is 122 Å². The molecule has 0 radical (unpaired) electrons. The molecule has 3 rings (SSSR count). The van der Waals surface area contributed by atoms with Crippen molar-refractivity contribution in [3.63, 3.8) is 0 Å². The molecule has 102 valence electrons. The normalized spacial score (nSPS) is 16.1. The number of aromatic nitrogens is 1. The molecule has 4 heteroatoms. The molecule has 1 aliphatic heterocycles. The van der Waals surface area contributed by atoms with Crippen LogP contribution in [0.1, 0.15) is 25.1 Å². The number of rotatable bonds is 1. The minimum Gasteiger partial charge on any atom is -0.508 e. The summed E-state index contributed by atoms with van der Waals surface area (Å²) in [4.78, 5) is 4.37. The Morgan fingerprint density at radius 2 is 2.00 bits per heavy atom. The van der Waals surface area contributed by atoms with Crippen molar-refractivity contribution in [3.8, 4) is 11.5 Å². The average Bonchev–Trinajstić information content (AvgIpc) is 2.37. The van der Waals surface area contributed by atoms with Gasteiger partial charge in [0.15, 0.2) is 0 Å². The second-order valence-corrected chi connectivity index (χ2v) is 5.74. The van der Waals surface area contributed by atoms with Gasteiger partial charge in [-0.25, -0.2) is 0 Å². The van der Waals surface area contributed by atoms with E-state index < -0.39 is 5.60 Å². The van der Waals surface area contributed by atoms with E-state index in [1.165, 1.54) is 0 Å². The molecule has 0 fully saturated rings. The van der Waals surface area contributed by atoms with Crippen molar-refractivity contribution in [2.45, 2.75) is 19.4 Å². The fourth-order valence-corrected chi connectivity index (χ4v) is 2.42. The number of hydrogen-bond acceptors (Lipinski definition) is 3. The highest BCUT2D eigenvalue weighted by atomic mass is 35.5. The summed E-state index contributed by atoms with van der Waals surface area (Å²) in [5.41, 5.74) is 2.26. The van der Waals surface area contributed by atoms with Crippen LogP contribution < -0.4 is 4.74 Å². The first-order valence-electron chi connectivity index (χ1n) is 6.32. The molecule has 0 spiro atoms. The predicted molar refractivity (Wildman–Crippen MR) is 79.1 cm³/mol. The van der Waals surface area contributed by atoms with Gasteiger partial charge in [-0.3, -0.25) is 4.98 Å². The zero-order chi connectivity index (χ0) is 14.3. The third-order valence-electron chi connectivity index (χ3n) is 3.12. The number of phenols is 1. The molecule has 1 aromatic heterocycles. The van der Waals surface area contributed by atoms with Crippen LogP contribution in [0.15, 0.2) is 42.6 Å². The number of ether oxygens (including phenoxy) is 1. The van der Waals surface area contributed by atoms with Crippen molar-refractivity contribution in [1.29, 1.82) is 0 Å². The SMILES string of the molecule is CC1(C)C=C(c2ccc(Cl)cn2)c2ccc(O)cc2O1. The van der Waals surface area contributed by atoms with Gasteiger partial charge in [0, 0.05) is 23.4 Å². The molecule has 3 nitrogen and oxygen atoms in total. The van der Waals surface area contributed by atoms with Crippen LogP contribution in [0.4, 0.5) is 0 Å². The van der Waals surface area contributed by atoms with E-state index in [9.17, 15) is 5.11 Å². The zero-order valence-corrected chi connectivity index (χ0v) is 12.0. The maximum absolute atomic E-state index is 9.62. The molecule has 0 amide bonds. The lowest BCUT2D eigenvalue weighted by atomic mass is 9.92. The molecule has 0 bridgehead atoms. The molecule has 20 heavy (non-hydrogen) atoms. The van der Waals surface area contributed by atoms with Gasteiger partial charge in [0.2, 0.25) is 0 Å². The van der Waals surface area contributed by atoms with Gasteiger partial charge in [0.1, 0.15) is 17.1 Å². The third kappa shape index (κ3) is 2.37. The Balaban J connectivity index is 2.18. The highest BCUT2D eigenvalue weighted by molar-refractivity contribution is 6.30. The van der Waals surface area contributed by atoms with Crippen molar-refractivity contribution in [2.75, 3.05) is 0 Å². The van der Waals surface area contributed by atoms with Crippen LogP contribution in [-0.4, -0.2) is 15.7 Å². The second-order valence-electron chi connectivity index (χ2n) is 5.31. The number of hydrogen-bond donors (Lipinski definition) is 1. The number of phenolic OH excluding ortho intramolecular Hbond substituents is 1. The first-order valence-corrected chi connectivity index (χ1v) is 6.70. The Hall–Kier alpha value is -2.00. The van der Waals surface area contributed by atoms with Gasteiger partial charge < -0.3 is 9.84 Å². The fourth-order valence-electron chi connectivity index (χ4n) is 2.30. The van der Waals surface area contributed by atoms with Gasteiger partial charge in [-0.2, -0.15) is 0 Å². The summed E-state index contributed by atoms with van der Waals surface area (Å²) in [5, 5.41) is 10.2. The second kappa shape index (κ2) is 4.53. The minimum atomic E-state index is -0.461. The highest BCUT2D eigenvalue weighted by Gasteiger charge is 2.27. The van der Waals surface area contributed by atoms with E-state index in [2.05, 4.69) is 4.98 Å². The lowest BCUT2D eigenvalue weighted by molar-refractivity contribution is 0.157. The Bertz CT molecular complexity index is 690. The van der Waals surface area contributed by atoms with Crippen LogP contribution in [0.25, 0.3) is 5.57 Å². The molecular weight excluding hydrogens is 274 g/mol. The summed E-state index contributed by atoms with van der Waals surface area (Å²) in [5.74, 6) is 0.842. The molecular formula is C16H14ClNO2. The minimum absolute atomic E-state index is 0.185. The Kier molecular flexibility index (Phi) is 2.94. The Morgan fingerprint density at radius 1 is 1.20 bits per heavy atom. The van der Waals surface area contributed by atoms with Gasteiger partial charge in [-0.15, -0.1) is 0 Å². The van der Waals surface area contributed by atoms with Crippen LogP contribution in [0.5, 0.6) is 11.5 Å². The summed E-state index contributed by atoms with van der Waals surface area (Å²) < 4.78 is 5.89. The van der Waals surface area contributed by atoms with Crippen LogP contribution in [0.2, 0.25) is 5.02 Å². The monoisotopic (exact) mass is 287 g/mol. The smallest absolute Gasteiger partial charge is 0.132 e. The van der Waals surface area contributed by atoms with E-state index >= 15 is 0 Å². The van der Waals surface area contributed by atoms with E-state index in [1.807, 2.05) is 38.1 Å². The Morgan fingerprint density at radius 3 is 2.70 bits per heavy atom. The van der Waals surface area contributed by atoms with Gasteiger partial charge in [-0.1, -0.05) is 11.6 Å². The summed E-state index contributed by atoms with van der Waals surface area (Å²) in [6, 6.07) is 8.80. The van der Waals surface area contributed by atoms with Crippen LogP contribution in [0, 0.1) is 0 Å².